The van der Waals surface area contributed by atoms with Crippen molar-refractivity contribution >= 4 is 11.6 Å². The minimum atomic E-state index is -0.0476. The van der Waals surface area contributed by atoms with Crippen molar-refractivity contribution in [2.45, 2.75) is 44.9 Å². The molecule has 0 amide bonds. The van der Waals surface area contributed by atoms with E-state index in [9.17, 15) is 14.4 Å². The number of methoxy groups -OCH3 is 1. The monoisotopic (exact) mass is 423 g/mol. The number of carbonyl (C=O) groups is 2. The van der Waals surface area contributed by atoms with E-state index in [2.05, 4.69) is 14.9 Å². The van der Waals surface area contributed by atoms with Crippen LogP contribution in [0.15, 0.2) is 29.1 Å². The zero-order chi connectivity index (χ0) is 21.8. The molecule has 1 aliphatic heterocycles. The van der Waals surface area contributed by atoms with Gasteiger partial charge in [0.1, 0.15) is 17.4 Å². The molecule has 164 valence electrons. The van der Waals surface area contributed by atoms with Crippen molar-refractivity contribution in [2.24, 2.45) is 5.92 Å². The standard InChI is InChI=1S/C24H29N3O4/c1-31-19-8-5-16(6-9-19)23(29)17-11-13-27(14-12-17)15-18(28)7-10-22-25-21-4-2-3-20(21)24(30)26-22/h5-6,8-9,17H,2-4,7,10-15H2,1H3,(H,25,26,30). The van der Waals surface area contributed by atoms with Crippen LogP contribution in [-0.4, -0.2) is 53.2 Å². The molecule has 1 aliphatic carbocycles. The van der Waals surface area contributed by atoms with E-state index in [4.69, 9.17) is 4.74 Å². The first-order chi connectivity index (χ1) is 15.0. The molecule has 1 N–H and O–H groups in total. The van der Waals surface area contributed by atoms with Gasteiger partial charge in [0.05, 0.1) is 19.3 Å². The van der Waals surface area contributed by atoms with Crippen molar-refractivity contribution in [3.8, 4) is 5.75 Å². The van der Waals surface area contributed by atoms with Crippen LogP contribution in [0.3, 0.4) is 0 Å². The van der Waals surface area contributed by atoms with Gasteiger partial charge in [0.25, 0.3) is 5.56 Å². The van der Waals surface area contributed by atoms with Crippen LogP contribution in [0.5, 0.6) is 5.75 Å². The Morgan fingerprint density at radius 2 is 1.90 bits per heavy atom. The first kappa shape index (κ1) is 21.4. The fraction of sp³-hybridized carbons (Fsp3) is 0.500. The third-order valence-electron chi connectivity index (χ3n) is 6.36. The van der Waals surface area contributed by atoms with Gasteiger partial charge >= 0.3 is 0 Å². The van der Waals surface area contributed by atoms with Gasteiger partial charge in [-0.15, -0.1) is 0 Å². The highest BCUT2D eigenvalue weighted by molar-refractivity contribution is 5.98. The Morgan fingerprint density at radius 3 is 2.61 bits per heavy atom. The predicted octanol–water partition coefficient (Wildman–Crippen LogP) is 2.36. The molecule has 0 unspecified atom stereocenters. The van der Waals surface area contributed by atoms with Crippen LogP contribution >= 0.6 is 0 Å². The number of hydrogen-bond donors (Lipinski definition) is 1. The Kier molecular flexibility index (Phi) is 6.61. The second-order valence-electron chi connectivity index (χ2n) is 8.47. The maximum absolute atomic E-state index is 12.7. The first-order valence-electron chi connectivity index (χ1n) is 11.1. The summed E-state index contributed by atoms with van der Waals surface area (Å²) in [7, 11) is 1.61. The fourth-order valence-electron chi connectivity index (χ4n) is 4.54. The molecular weight excluding hydrogens is 394 g/mol. The number of Topliss-reactive ketones (excluding diaryl/α,β-unsaturated/α-hetero) is 2. The fourth-order valence-corrected chi connectivity index (χ4v) is 4.54. The maximum atomic E-state index is 12.7. The quantitative estimate of drug-likeness (QED) is 0.656. The average Bonchev–Trinajstić information content (AvgIpc) is 3.27. The summed E-state index contributed by atoms with van der Waals surface area (Å²) in [6.07, 6.45) is 4.98. The lowest BCUT2D eigenvalue weighted by Crippen LogP contribution is -2.39. The number of H-pyrrole nitrogens is 1. The van der Waals surface area contributed by atoms with Gasteiger partial charge in [-0.3, -0.25) is 19.3 Å². The van der Waals surface area contributed by atoms with Crippen molar-refractivity contribution in [2.75, 3.05) is 26.7 Å². The molecule has 0 radical (unpaired) electrons. The zero-order valence-electron chi connectivity index (χ0n) is 18.0. The normalized spacial score (nSPS) is 16.8. The molecule has 7 heteroatoms. The molecule has 2 heterocycles. The molecule has 0 atom stereocenters. The molecular formula is C24H29N3O4. The number of likely N-dealkylation sites (tertiary alicyclic amines) is 1. The van der Waals surface area contributed by atoms with Gasteiger partial charge in [0.2, 0.25) is 0 Å². The Hall–Kier alpha value is -2.80. The van der Waals surface area contributed by atoms with Gasteiger partial charge in [0, 0.05) is 29.9 Å². The SMILES string of the molecule is COc1ccc(C(=O)C2CCN(CC(=O)CCc3nc4c(c(=O)[nH]3)CCC4)CC2)cc1. The van der Waals surface area contributed by atoms with Gasteiger partial charge in [0.15, 0.2) is 5.78 Å². The van der Waals surface area contributed by atoms with E-state index in [1.807, 2.05) is 24.3 Å². The van der Waals surface area contributed by atoms with Gasteiger partial charge in [-0.25, -0.2) is 4.98 Å². The van der Waals surface area contributed by atoms with Crippen molar-refractivity contribution in [3.05, 3.63) is 57.3 Å². The van der Waals surface area contributed by atoms with E-state index in [1.54, 1.807) is 7.11 Å². The van der Waals surface area contributed by atoms with Crippen molar-refractivity contribution in [3.63, 3.8) is 0 Å². The number of rotatable bonds is 8. The molecule has 4 rings (SSSR count). The van der Waals surface area contributed by atoms with Crippen molar-refractivity contribution in [1.29, 1.82) is 0 Å². The average molecular weight is 424 g/mol. The van der Waals surface area contributed by atoms with Crippen LogP contribution < -0.4 is 10.3 Å². The number of aromatic nitrogens is 2. The summed E-state index contributed by atoms with van der Waals surface area (Å²) in [6, 6.07) is 7.25. The lowest BCUT2D eigenvalue weighted by molar-refractivity contribution is -0.120. The smallest absolute Gasteiger partial charge is 0.254 e. The molecule has 7 nitrogen and oxygen atoms in total. The number of nitrogens with one attached hydrogen (secondary N) is 1. The number of benzene rings is 1. The van der Waals surface area contributed by atoms with Gasteiger partial charge in [-0.2, -0.15) is 0 Å². The third-order valence-corrected chi connectivity index (χ3v) is 6.36. The summed E-state index contributed by atoms with van der Waals surface area (Å²) in [6.45, 7) is 1.87. The van der Waals surface area contributed by atoms with Crippen LogP contribution in [0.25, 0.3) is 0 Å². The molecule has 31 heavy (non-hydrogen) atoms. The minimum Gasteiger partial charge on any atom is -0.497 e. The summed E-state index contributed by atoms with van der Waals surface area (Å²) >= 11 is 0. The molecule has 1 saturated heterocycles. The highest BCUT2D eigenvalue weighted by atomic mass is 16.5. The first-order valence-corrected chi connectivity index (χ1v) is 11.1. The number of ketones is 2. The van der Waals surface area contributed by atoms with Crippen LogP contribution in [-0.2, 0) is 24.1 Å². The highest BCUT2D eigenvalue weighted by Gasteiger charge is 2.26. The molecule has 2 aromatic rings. The number of piperidine rings is 1. The number of hydrogen-bond acceptors (Lipinski definition) is 6. The summed E-state index contributed by atoms with van der Waals surface area (Å²) in [5, 5.41) is 0. The Labute approximate surface area is 181 Å². The van der Waals surface area contributed by atoms with Crippen molar-refractivity contribution < 1.29 is 14.3 Å². The highest BCUT2D eigenvalue weighted by Crippen LogP contribution is 2.23. The number of aromatic amines is 1. The topological polar surface area (TPSA) is 92.4 Å². The lowest BCUT2D eigenvalue weighted by atomic mass is 9.88. The number of carbonyl (C=O) groups excluding carboxylic acids is 2. The van der Waals surface area contributed by atoms with Gasteiger partial charge in [-0.05, 0) is 69.5 Å². The van der Waals surface area contributed by atoms with E-state index < -0.39 is 0 Å². The molecule has 2 aliphatic rings. The van der Waals surface area contributed by atoms with Crippen LogP contribution in [0.2, 0.25) is 0 Å². The predicted molar refractivity (Wildman–Crippen MR) is 117 cm³/mol. The third kappa shape index (κ3) is 5.10. The maximum Gasteiger partial charge on any atom is 0.254 e. The zero-order valence-corrected chi connectivity index (χ0v) is 18.0. The number of nitrogens with zero attached hydrogens (tertiary/aromatic N) is 2. The summed E-state index contributed by atoms with van der Waals surface area (Å²) in [5.41, 5.74) is 2.37. The number of fused-ring (bicyclic) bond motifs is 1. The second-order valence-corrected chi connectivity index (χ2v) is 8.47. The van der Waals surface area contributed by atoms with Crippen LogP contribution in [0.1, 0.15) is 53.1 Å². The van der Waals surface area contributed by atoms with Gasteiger partial charge in [-0.1, -0.05) is 0 Å². The van der Waals surface area contributed by atoms with Crippen LogP contribution in [0.4, 0.5) is 0 Å². The number of ether oxygens (including phenoxy) is 1. The van der Waals surface area contributed by atoms with Gasteiger partial charge < -0.3 is 9.72 Å². The van der Waals surface area contributed by atoms with E-state index >= 15 is 0 Å². The van der Waals surface area contributed by atoms with E-state index in [1.165, 1.54) is 0 Å². The summed E-state index contributed by atoms with van der Waals surface area (Å²) in [4.78, 5) is 46.8. The largest absolute Gasteiger partial charge is 0.497 e. The summed E-state index contributed by atoms with van der Waals surface area (Å²) < 4.78 is 5.15. The van der Waals surface area contributed by atoms with Crippen molar-refractivity contribution in [1.82, 2.24) is 14.9 Å². The van der Waals surface area contributed by atoms with E-state index in [-0.39, 0.29) is 23.0 Å². The molecule has 1 aromatic carbocycles. The molecule has 1 fully saturated rings. The molecule has 0 saturated carbocycles. The second kappa shape index (κ2) is 9.56. The van der Waals surface area contributed by atoms with E-state index in [0.29, 0.717) is 30.8 Å². The Balaban J connectivity index is 1.23. The van der Waals surface area contributed by atoms with E-state index in [0.717, 1.165) is 62.2 Å². The summed E-state index contributed by atoms with van der Waals surface area (Å²) in [5.74, 6) is 1.66. The molecule has 0 spiro atoms. The number of aryl methyl sites for hydroxylation is 2. The Morgan fingerprint density at radius 1 is 1.16 bits per heavy atom. The van der Waals surface area contributed by atoms with Crippen LogP contribution in [0, 0.1) is 5.92 Å². The Bertz CT molecular complexity index is 1000. The minimum absolute atomic E-state index is 0.000404. The lowest BCUT2D eigenvalue weighted by Gasteiger charge is -2.30. The molecule has 0 bridgehead atoms. The molecule has 1 aromatic heterocycles.